The van der Waals surface area contributed by atoms with Crippen LogP contribution in [0.2, 0.25) is 0 Å². The molecule has 1 fully saturated rings. The van der Waals surface area contributed by atoms with Gasteiger partial charge in [0.15, 0.2) is 0 Å². The predicted octanol–water partition coefficient (Wildman–Crippen LogP) is 2.42. The van der Waals surface area contributed by atoms with Crippen molar-refractivity contribution >= 4 is 17.8 Å². The van der Waals surface area contributed by atoms with E-state index in [1.807, 2.05) is 49.1 Å². The van der Waals surface area contributed by atoms with Crippen molar-refractivity contribution in [3.63, 3.8) is 0 Å². The van der Waals surface area contributed by atoms with Crippen LogP contribution in [0.5, 0.6) is 0 Å². The Kier molecular flexibility index (Phi) is 5.25. The fourth-order valence-corrected chi connectivity index (χ4v) is 3.20. The second-order valence-corrected chi connectivity index (χ2v) is 6.73. The monoisotopic (exact) mass is 355 g/mol. The van der Waals surface area contributed by atoms with E-state index < -0.39 is 0 Å². The van der Waals surface area contributed by atoms with Crippen LogP contribution in [-0.2, 0) is 7.05 Å². The molecule has 0 bridgehead atoms. The zero-order chi connectivity index (χ0) is 18.7. The molecular formula is C19H25N5O2. The molecule has 1 aliphatic rings. The Morgan fingerprint density at radius 1 is 1.04 bits per heavy atom. The topological polar surface area (TPSA) is 70.5 Å². The van der Waals surface area contributed by atoms with E-state index in [0.29, 0.717) is 37.6 Å². The van der Waals surface area contributed by atoms with Crippen molar-refractivity contribution in [3.8, 4) is 0 Å². The lowest BCUT2D eigenvalue weighted by molar-refractivity contribution is 0.0762. The molecule has 1 N–H and O–H groups in total. The highest BCUT2D eigenvalue weighted by atomic mass is 16.2. The maximum atomic E-state index is 12.7. The smallest absolute Gasteiger partial charge is 0.323 e. The number of hydrogen-bond donors (Lipinski definition) is 1. The van der Waals surface area contributed by atoms with Gasteiger partial charge < -0.3 is 9.80 Å². The maximum absolute atomic E-state index is 12.7. The molecule has 2 heterocycles. The van der Waals surface area contributed by atoms with Crippen LogP contribution in [0.25, 0.3) is 0 Å². The van der Waals surface area contributed by atoms with Gasteiger partial charge in [0.2, 0.25) is 0 Å². The lowest BCUT2D eigenvalue weighted by Gasteiger charge is -2.22. The average molecular weight is 355 g/mol. The second kappa shape index (κ2) is 7.59. The average Bonchev–Trinajstić information content (AvgIpc) is 2.80. The summed E-state index contributed by atoms with van der Waals surface area (Å²) in [5, 5.41) is 7.13. The number of urea groups is 1. The summed E-state index contributed by atoms with van der Waals surface area (Å²) in [4.78, 5) is 28.8. The quantitative estimate of drug-likeness (QED) is 0.899. The Morgan fingerprint density at radius 2 is 1.77 bits per heavy atom. The third kappa shape index (κ3) is 4.04. The number of aryl methyl sites for hydroxylation is 3. The third-order valence-electron chi connectivity index (χ3n) is 4.57. The summed E-state index contributed by atoms with van der Waals surface area (Å²) in [5.74, 6) is 0.697. The minimum absolute atomic E-state index is 0.0261. The van der Waals surface area contributed by atoms with Crippen molar-refractivity contribution in [2.75, 3.05) is 31.5 Å². The van der Waals surface area contributed by atoms with Crippen molar-refractivity contribution < 1.29 is 9.59 Å². The molecule has 26 heavy (non-hydrogen) atoms. The van der Waals surface area contributed by atoms with Gasteiger partial charge in [0, 0.05) is 44.9 Å². The number of carbonyl (C=O) groups excluding carboxylic acids is 2. The van der Waals surface area contributed by atoms with Crippen LogP contribution < -0.4 is 5.32 Å². The molecule has 0 saturated carbocycles. The van der Waals surface area contributed by atoms with Gasteiger partial charge in [-0.2, -0.15) is 5.10 Å². The van der Waals surface area contributed by atoms with Crippen LogP contribution in [0.3, 0.4) is 0 Å². The number of anilines is 1. The summed E-state index contributed by atoms with van der Waals surface area (Å²) >= 11 is 0. The fourth-order valence-electron chi connectivity index (χ4n) is 3.20. The number of nitrogens with one attached hydrogen (secondary N) is 1. The number of amides is 3. The van der Waals surface area contributed by atoms with Gasteiger partial charge >= 0.3 is 6.03 Å². The van der Waals surface area contributed by atoms with E-state index in [1.165, 1.54) is 0 Å². The number of carbonyl (C=O) groups is 2. The minimum atomic E-state index is -0.155. The Labute approximate surface area is 153 Å². The molecule has 0 atom stereocenters. The summed E-state index contributed by atoms with van der Waals surface area (Å²) in [7, 11) is 1.80. The van der Waals surface area contributed by atoms with Crippen molar-refractivity contribution in [1.82, 2.24) is 19.6 Å². The molecular weight excluding hydrogens is 330 g/mol. The SMILES string of the molecule is Cc1cccc(C(=O)N2CCCN(C(=O)Nc3cc(C)nn3C)CC2)c1. The standard InChI is InChI=1S/C19H25N5O2/c1-14-6-4-7-16(12-14)18(25)23-8-5-9-24(11-10-23)19(26)20-17-13-15(2)21-22(17)3/h4,6-7,12-13H,5,8-11H2,1-3H3,(H,20,26). The van der Waals surface area contributed by atoms with Gasteiger partial charge in [0.05, 0.1) is 5.69 Å². The van der Waals surface area contributed by atoms with Gasteiger partial charge in [-0.3, -0.25) is 14.8 Å². The molecule has 1 aromatic heterocycles. The zero-order valence-corrected chi connectivity index (χ0v) is 15.5. The molecule has 1 aromatic carbocycles. The molecule has 7 heteroatoms. The van der Waals surface area contributed by atoms with Gasteiger partial charge in [-0.25, -0.2) is 4.79 Å². The summed E-state index contributed by atoms with van der Waals surface area (Å²) in [6.07, 6.45) is 0.759. The molecule has 3 rings (SSSR count). The Bertz CT molecular complexity index is 814. The number of nitrogens with zero attached hydrogens (tertiary/aromatic N) is 4. The van der Waals surface area contributed by atoms with Crippen molar-refractivity contribution in [3.05, 3.63) is 47.2 Å². The Balaban J connectivity index is 1.61. The first-order valence-corrected chi connectivity index (χ1v) is 8.86. The highest BCUT2D eigenvalue weighted by Gasteiger charge is 2.23. The summed E-state index contributed by atoms with van der Waals surface area (Å²) in [6.45, 7) is 6.19. The van der Waals surface area contributed by atoms with Crippen LogP contribution in [0.4, 0.5) is 10.6 Å². The molecule has 3 amide bonds. The van der Waals surface area contributed by atoms with Crippen LogP contribution in [0.1, 0.15) is 28.0 Å². The van der Waals surface area contributed by atoms with E-state index in [-0.39, 0.29) is 11.9 Å². The van der Waals surface area contributed by atoms with E-state index in [2.05, 4.69) is 10.4 Å². The van der Waals surface area contributed by atoms with Crippen molar-refractivity contribution in [1.29, 1.82) is 0 Å². The molecule has 7 nitrogen and oxygen atoms in total. The van der Waals surface area contributed by atoms with E-state index in [0.717, 1.165) is 17.7 Å². The van der Waals surface area contributed by atoms with Gasteiger partial charge in [-0.1, -0.05) is 17.7 Å². The Morgan fingerprint density at radius 3 is 2.46 bits per heavy atom. The van der Waals surface area contributed by atoms with E-state index in [9.17, 15) is 9.59 Å². The molecule has 2 aromatic rings. The largest absolute Gasteiger partial charge is 0.337 e. The van der Waals surface area contributed by atoms with Crippen LogP contribution in [-0.4, -0.2) is 57.7 Å². The summed E-state index contributed by atoms with van der Waals surface area (Å²) in [6, 6.07) is 9.31. The molecule has 0 spiro atoms. The third-order valence-corrected chi connectivity index (χ3v) is 4.57. The highest BCUT2D eigenvalue weighted by Crippen LogP contribution is 2.13. The van der Waals surface area contributed by atoms with Gasteiger partial charge in [0.25, 0.3) is 5.91 Å². The molecule has 1 saturated heterocycles. The number of hydrogen-bond acceptors (Lipinski definition) is 3. The van der Waals surface area contributed by atoms with Crippen molar-refractivity contribution in [2.45, 2.75) is 20.3 Å². The van der Waals surface area contributed by atoms with Gasteiger partial charge in [-0.15, -0.1) is 0 Å². The normalized spacial score (nSPS) is 14.9. The predicted molar refractivity (Wildman–Crippen MR) is 100 cm³/mol. The second-order valence-electron chi connectivity index (χ2n) is 6.73. The first-order chi connectivity index (χ1) is 12.4. The maximum Gasteiger partial charge on any atom is 0.323 e. The molecule has 138 valence electrons. The van der Waals surface area contributed by atoms with Crippen LogP contribution in [0, 0.1) is 13.8 Å². The summed E-state index contributed by atoms with van der Waals surface area (Å²) in [5.41, 5.74) is 2.63. The van der Waals surface area contributed by atoms with Gasteiger partial charge in [0.1, 0.15) is 5.82 Å². The van der Waals surface area contributed by atoms with E-state index in [1.54, 1.807) is 16.6 Å². The zero-order valence-electron chi connectivity index (χ0n) is 15.5. The van der Waals surface area contributed by atoms with E-state index >= 15 is 0 Å². The molecule has 0 radical (unpaired) electrons. The van der Waals surface area contributed by atoms with E-state index in [4.69, 9.17) is 0 Å². The van der Waals surface area contributed by atoms with Crippen LogP contribution >= 0.6 is 0 Å². The lowest BCUT2D eigenvalue weighted by atomic mass is 10.1. The van der Waals surface area contributed by atoms with Gasteiger partial charge in [-0.05, 0) is 32.4 Å². The minimum Gasteiger partial charge on any atom is -0.337 e. The molecule has 0 aliphatic carbocycles. The Hall–Kier alpha value is -2.83. The number of rotatable bonds is 2. The highest BCUT2D eigenvalue weighted by molar-refractivity contribution is 5.94. The van der Waals surface area contributed by atoms with Crippen LogP contribution in [0.15, 0.2) is 30.3 Å². The molecule has 1 aliphatic heterocycles. The van der Waals surface area contributed by atoms with Crippen molar-refractivity contribution in [2.24, 2.45) is 7.05 Å². The summed E-state index contributed by atoms with van der Waals surface area (Å²) < 4.78 is 1.65. The molecule has 0 unspecified atom stereocenters. The number of benzene rings is 1. The lowest BCUT2D eigenvalue weighted by Crippen LogP contribution is -2.39. The first-order valence-electron chi connectivity index (χ1n) is 8.86. The first kappa shape index (κ1) is 18.0. The number of aromatic nitrogens is 2. The fraction of sp³-hybridized carbons (Fsp3) is 0.421.